The molecule has 2 aromatic carbocycles. The van der Waals surface area contributed by atoms with Crippen LogP contribution in [-0.2, 0) is 6.54 Å². The van der Waals surface area contributed by atoms with Gasteiger partial charge in [0.1, 0.15) is 11.6 Å². The predicted octanol–water partition coefficient (Wildman–Crippen LogP) is 3.41. The van der Waals surface area contributed by atoms with Crippen LogP contribution < -0.4 is 20.1 Å². The quantitative estimate of drug-likeness (QED) is 0.695. The number of aromatic nitrogens is 2. The van der Waals surface area contributed by atoms with Crippen molar-refractivity contribution in [1.29, 1.82) is 0 Å². The van der Waals surface area contributed by atoms with Gasteiger partial charge < -0.3 is 14.8 Å². The van der Waals surface area contributed by atoms with Crippen molar-refractivity contribution in [3.05, 3.63) is 59.2 Å². The highest BCUT2D eigenvalue weighted by Gasteiger charge is 2.14. The normalized spacial score (nSPS) is 12.1. The van der Waals surface area contributed by atoms with Crippen molar-refractivity contribution in [2.45, 2.75) is 6.54 Å². The molecule has 2 heterocycles. The molecular formula is C17H12F2N4O3S. The van der Waals surface area contributed by atoms with Crippen LogP contribution in [0.15, 0.2) is 36.4 Å². The summed E-state index contributed by atoms with van der Waals surface area (Å²) in [5.74, 6) is -0.950. The first-order valence-corrected chi connectivity index (χ1v) is 8.62. The first-order valence-electron chi connectivity index (χ1n) is 7.80. The summed E-state index contributed by atoms with van der Waals surface area (Å²) in [6, 6.07) is 8.15. The number of amides is 1. The Balaban J connectivity index is 1.37. The molecule has 0 unspecified atom stereocenters. The number of nitrogens with zero attached hydrogens (tertiary/aromatic N) is 2. The molecule has 7 nitrogen and oxygen atoms in total. The zero-order valence-corrected chi connectivity index (χ0v) is 14.5. The fourth-order valence-electron chi connectivity index (χ4n) is 2.43. The molecule has 3 aromatic rings. The molecule has 1 aliphatic rings. The van der Waals surface area contributed by atoms with E-state index in [0.717, 1.165) is 29.0 Å². The number of hydrogen-bond acceptors (Lipinski definition) is 7. The molecule has 0 spiro atoms. The molecule has 1 aromatic heterocycles. The molecule has 0 atom stereocenters. The number of halogens is 2. The summed E-state index contributed by atoms with van der Waals surface area (Å²) in [6.45, 7) is 0.676. The van der Waals surface area contributed by atoms with E-state index in [-0.39, 0.29) is 17.5 Å². The minimum atomic E-state index is -0.830. The number of carbonyl (C=O) groups is 1. The minimum absolute atomic E-state index is 0.141. The molecule has 0 saturated heterocycles. The maximum absolute atomic E-state index is 13.2. The number of fused-ring (bicyclic) bond motifs is 1. The lowest BCUT2D eigenvalue weighted by Gasteiger charge is -2.04. The standard InChI is InChI=1S/C17H12F2N4O3S/c18-11-4-10(5-12(19)6-11)15(24)21-17-23-22-16(27-17)20-7-9-1-2-13-14(3-9)26-8-25-13/h1-6H,7-8H2,(H,20,22)(H,21,23,24). The Labute approximate surface area is 156 Å². The van der Waals surface area contributed by atoms with Gasteiger partial charge >= 0.3 is 0 Å². The number of benzene rings is 2. The van der Waals surface area contributed by atoms with Gasteiger partial charge in [-0.25, -0.2) is 8.78 Å². The van der Waals surface area contributed by atoms with Crippen molar-refractivity contribution in [3.8, 4) is 11.5 Å². The number of ether oxygens (including phenoxy) is 2. The van der Waals surface area contributed by atoms with Crippen LogP contribution in [0.2, 0.25) is 0 Å². The van der Waals surface area contributed by atoms with Gasteiger partial charge in [0.05, 0.1) is 0 Å². The molecular weight excluding hydrogens is 378 g/mol. The van der Waals surface area contributed by atoms with E-state index in [0.29, 0.717) is 29.2 Å². The lowest BCUT2D eigenvalue weighted by molar-refractivity contribution is 0.102. The maximum Gasteiger partial charge on any atom is 0.257 e. The van der Waals surface area contributed by atoms with Crippen molar-refractivity contribution >= 4 is 27.5 Å². The highest BCUT2D eigenvalue weighted by Crippen LogP contribution is 2.32. The molecule has 10 heteroatoms. The molecule has 4 rings (SSSR count). The van der Waals surface area contributed by atoms with Gasteiger partial charge in [-0.2, -0.15) is 0 Å². The average molecular weight is 390 g/mol. The Morgan fingerprint density at radius 2 is 1.78 bits per heavy atom. The maximum atomic E-state index is 13.2. The fraction of sp³-hybridized carbons (Fsp3) is 0.118. The van der Waals surface area contributed by atoms with Crippen LogP contribution in [0.3, 0.4) is 0 Å². The van der Waals surface area contributed by atoms with Crippen molar-refractivity contribution in [3.63, 3.8) is 0 Å². The number of nitrogens with one attached hydrogen (secondary N) is 2. The van der Waals surface area contributed by atoms with Crippen molar-refractivity contribution in [2.24, 2.45) is 0 Å². The first-order chi connectivity index (χ1) is 13.1. The Morgan fingerprint density at radius 3 is 2.59 bits per heavy atom. The van der Waals surface area contributed by atoms with E-state index < -0.39 is 17.5 Å². The molecule has 138 valence electrons. The second kappa shape index (κ2) is 7.16. The Morgan fingerprint density at radius 1 is 1.04 bits per heavy atom. The van der Waals surface area contributed by atoms with E-state index in [1.54, 1.807) is 0 Å². The van der Waals surface area contributed by atoms with Gasteiger partial charge in [0.15, 0.2) is 11.5 Å². The lowest BCUT2D eigenvalue weighted by Crippen LogP contribution is -2.12. The third-order valence-corrected chi connectivity index (χ3v) is 4.45. The topological polar surface area (TPSA) is 85.4 Å². The third kappa shape index (κ3) is 3.95. The average Bonchev–Trinajstić information content (AvgIpc) is 3.27. The van der Waals surface area contributed by atoms with E-state index in [4.69, 9.17) is 9.47 Å². The summed E-state index contributed by atoms with van der Waals surface area (Å²) >= 11 is 1.10. The molecule has 0 fully saturated rings. The number of carbonyl (C=O) groups excluding carboxylic acids is 1. The fourth-order valence-corrected chi connectivity index (χ4v) is 3.06. The summed E-state index contributed by atoms with van der Waals surface area (Å²) in [5.41, 5.74) is 0.813. The molecule has 0 bridgehead atoms. The van der Waals surface area contributed by atoms with E-state index >= 15 is 0 Å². The highest BCUT2D eigenvalue weighted by atomic mass is 32.1. The van der Waals surface area contributed by atoms with Gasteiger partial charge in [-0.15, -0.1) is 10.2 Å². The Bertz CT molecular complexity index is 991. The summed E-state index contributed by atoms with van der Waals surface area (Å²) in [7, 11) is 0. The van der Waals surface area contributed by atoms with E-state index in [1.807, 2.05) is 18.2 Å². The molecule has 0 radical (unpaired) electrons. The summed E-state index contributed by atoms with van der Waals surface area (Å²) in [4.78, 5) is 12.1. The van der Waals surface area contributed by atoms with Crippen LogP contribution in [-0.4, -0.2) is 22.9 Å². The SMILES string of the molecule is O=C(Nc1nnc(NCc2ccc3c(c2)OCO3)s1)c1cc(F)cc(F)c1. The summed E-state index contributed by atoms with van der Waals surface area (Å²) in [5, 5.41) is 14.0. The minimum Gasteiger partial charge on any atom is -0.454 e. The summed E-state index contributed by atoms with van der Waals surface area (Å²) < 4.78 is 37.0. The monoisotopic (exact) mass is 390 g/mol. The largest absolute Gasteiger partial charge is 0.454 e. The smallest absolute Gasteiger partial charge is 0.257 e. The van der Waals surface area contributed by atoms with E-state index in [2.05, 4.69) is 20.8 Å². The summed E-state index contributed by atoms with van der Waals surface area (Å²) in [6.07, 6.45) is 0. The molecule has 2 N–H and O–H groups in total. The van der Waals surface area contributed by atoms with E-state index in [1.165, 1.54) is 0 Å². The zero-order valence-electron chi connectivity index (χ0n) is 13.7. The van der Waals surface area contributed by atoms with Crippen molar-refractivity contribution in [1.82, 2.24) is 10.2 Å². The van der Waals surface area contributed by atoms with Gasteiger partial charge in [0, 0.05) is 18.2 Å². The van der Waals surface area contributed by atoms with Crippen LogP contribution in [0.4, 0.5) is 19.0 Å². The van der Waals surface area contributed by atoms with Gasteiger partial charge in [0.25, 0.3) is 5.91 Å². The number of hydrogen-bond donors (Lipinski definition) is 2. The van der Waals surface area contributed by atoms with Crippen molar-refractivity contribution < 1.29 is 23.0 Å². The van der Waals surface area contributed by atoms with E-state index in [9.17, 15) is 13.6 Å². The number of anilines is 2. The third-order valence-electron chi connectivity index (χ3n) is 3.65. The molecule has 1 amide bonds. The van der Waals surface area contributed by atoms with Crippen LogP contribution in [0, 0.1) is 11.6 Å². The van der Waals surface area contributed by atoms with Gasteiger partial charge in [-0.05, 0) is 29.8 Å². The Hall–Kier alpha value is -3.27. The molecule has 0 aliphatic carbocycles. The predicted molar refractivity (Wildman–Crippen MR) is 94.1 cm³/mol. The van der Waals surface area contributed by atoms with Crippen LogP contribution in [0.1, 0.15) is 15.9 Å². The second-order valence-corrected chi connectivity index (χ2v) is 6.54. The van der Waals surface area contributed by atoms with Gasteiger partial charge in [0.2, 0.25) is 17.1 Å². The van der Waals surface area contributed by atoms with Crippen LogP contribution >= 0.6 is 11.3 Å². The highest BCUT2D eigenvalue weighted by molar-refractivity contribution is 7.19. The van der Waals surface area contributed by atoms with Gasteiger partial charge in [-0.1, -0.05) is 17.4 Å². The first kappa shape index (κ1) is 17.2. The van der Waals surface area contributed by atoms with Crippen LogP contribution in [0.5, 0.6) is 11.5 Å². The zero-order chi connectivity index (χ0) is 18.8. The Kier molecular flexibility index (Phi) is 4.55. The lowest BCUT2D eigenvalue weighted by atomic mass is 10.2. The molecule has 1 aliphatic heterocycles. The van der Waals surface area contributed by atoms with Gasteiger partial charge in [-0.3, -0.25) is 10.1 Å². The molecule has 0 saturated carbocycles. The molecule has 27 heavy (non-hydrogen) atoms. The second-order valence-electron chi connectivity index (χ2n) is 5.57. The number of rotatable bonds is 5. The van der Waals surface area contributed by atoms with Crippen LogP contribution in [0.25, 0.3) is 0 Å². The van der Waals surface area contributed by atoms with Crippen molar-refractivity contribution in [2.75, 3.05) is 17.4 Å².